The first kappa shape index (κ1) is 16.0. The molecule has 6 heteroatoms. The van der Waals surface area contributed by atoms with Gasteiger partial charge in [0, 0.05) is 12.7 Å². The van der Waals surface area contributed by atoms with E-state index in [1.807, 2.05) is 47.9 Å². The van der Waals surface area contributed by atoms with Crippen LogP contribution < -0.4 is 19.5 Å². The van der Waals surface area contributed by atoms with Crippen LogP contribution in [0.4, 0.5) is 5.82 Å². The van der Waals surface area contributed by atoms with Crippen LogP contribution in [0, 0.1) is 6.92 Å². The van der Waals surface area contributed by atoms with Crippen LogP contribution in [0.2, 0.25) is 0 Å². The van der Waals surface area contributed by atoms with Gasteiger partial charge in [-0.05, 0) is 36.8 Å². The first-order valence-corrected chi connectivity index (χ1v) is 7.64. The summed E-state index contributed by atoms with van der Waals surface area (Å²) >= 11 is 0. The molecular formula is C18H21N3O3. The lowest BCUT2D eigenvalue weighted by Crippen LogP contribution is -2.05. The van der Waals surface area contributed by atoms with Crippen molar-refractivity contribution in [3.8, 4) is 17.2 Å². The number of fused-ring (bicyclic) bond motifs is 1. The number of benzene rings is 1. The Bertz CT molecular complexity index is 833. The quantitative estimate of drug-likeness (QED) is 0.753. The maximum Gasteiger partial charge on any atom is 0.203 e. The van der Waals surface area contributed by atoms with Gasteiger partial charge in [-0.3, -0.25) is 4.40 Å². The highest BCUT2D eigenvalue weighted by Crippen LogP contribution is 2.38. The van der Waals surface area contributed by atoms with Gasteiger partial charge in [0.05, 0.1) is 27.0 Å². The van der Waals surface area contributed by atoms with Gasteiger partial charge in [0.1, 0.15) is 11.5 Å². The minimum atomic E-state index is 0.592. The number of rotatable bonds is 6. The highest BCUT2D eigenvalue weighted by Gasteiger charge is 2.14. The molecule has 2 aromatic heterocycles. The minimum Gasteiger partial charge on any atom is -0.493 e. The number of hydrogen-bond donors (Lipinski definition) is 1. The largest absolute Gasteiger partial charge is 0.493 e. The summed E-state index contributed by atoms with van der Waals surface area (Å²) in [4.78, 5) is 4.55. The van der Waals surface area contributed by atoms with Crippen LogP contribution in [0.5, 0.6) is 17.2 Å². The lowest BCUT2D eigenvalue weighted by Gasteiger charge is -2.15. The molecular weight excluding hydrogens is 306 g/mol. The molecule has 0 fully saturated rings. The smallest absolute Gasteiger partial charge is 0.203 e. The van der Waals surface area contributed by atoms with E-state index < -0.39 is 0 Å². The lowest BCUT2D eigenvalue weighted by atomic mass is 10.1. The average Bonchev–Trinajstić information content (AvgIpc) is 2.94. The molecule has 24 heavy (non-hydrogen) atoms. The number of aryl methyl sites for hydroxylation is 1. The van der Waals surface area contributed by atoms with E-state index in [0.717, 1.165) is 22.7 Å². The van der Waals surface area contributed by atoms with Crippen molar-refractivity contribution in [2.75, 3.05) is 26.6 Å². The van der Waals surface area contributed by atoms with Crippen molar-refractivity contribution in [2.45, 2.75) is 13.5 Å². The van der Waals surface area contributed by atoms with E-state index in [4.69, 9.17) is 14.2 Å². The van der Waals surface area contributed by atoms with Crippen molar-refractivity contribution in [1.82, 2.24) is 9.38 Å². The Hall–Kier alpha value is -2.89. The molecule has 0 radical (unpaired) electrons. The van der Waals surface area contributed by atoms with E-state index in [1.165, 1.54) is 0 Å². The number of anilines is 1. The van der Waals surface area contributed by atoms with Crippen molar-refractivity contribution in [2.24, 2.45) is 0 Å². The number of nitrogens with one attached hydrogen (secondary N) is 1. The summed E-state index contributed by atoms with van der Waals surface area (Å²) in [6.07, 6.45) is 1.99. The van der Waals surface area contributed by atoms with E-state index in [9.17, 15) is 0 Å². The van der Waals surface area contributed by atoms with Crippen LogP contribution in [0.3, 0.4) is 0 Å². The third kappa shape index (κ3) is 2.82. The van der Waals surface area contributed by atoms with E-state index in [1.54, 1.807) is 21.3 Å². The van der Waals surface area contributed by atoms with Crippen molar-refractivity contribution in [3.05, 3.63) is 47.8 Å². The first-order valence-electron chi connectivity index (χ1n) is 7.64. The second-order valence-electron chi connectivity index (χ2n) is 5.36. The number of methoxy groups -OCH3 is 3. The molecule has 0 spiro atoms. The molecule has 1 N–H and O–H groups in total. The number of imidazole rings is 1. The van der Waals surface area contributed by atoms with Crippen molar-refractivity contribution < 1.29 is 14.2 Å². The summed E-state index contributed by atoms with van der Waals surface area (Å²) in [7, 11) is 4.83. The Kier molecular flexibility index (Phi) is 4.46. The van der Waals surface area contributed by atoms with Crippen LogP contribution in [0.1, 0.15) is 11.3 Å². The number of nitrogens with zero attached hydrogens (tertiary/aromatic N) is 2. The highest BCUT2D eigenvalue weighted by molar-refractivity contribution is 5.57. The zero-order chi connectivity index (χ0) is 17.1. The molecule has 0 aliphatic carbocycles. The third-order valence-corrected chi connectivity index (χ3v) is 3.89. The second kappa shape index (κ2) is 6.70. The normalized spacial score (nSPS) is 10.7. The number of aromatic nitrogens is 2. The Labute approximate surface area is 141 Å². The molecule has 6 nitrogen and oxygen atoms in total. The molecule has 0 saturated heterocycles. The molecule has 0 unspecified atom stereocenters. The van der Waals surface area contributed by atoms with Crippen LogP contribution in [-0.2, 0) is 6.54 Å². The Morgan fingerprint density at radius 3 is 2.38 bits per heavy atom. The fourth-order valence-electron chi connectivity index (χ4n) is 2.75. The van der Waals surface area contributed by atoms with E-state index >= 15 is 0 Å². The lowest BCUT2D eigenvalue weighted by molar-refractivity contribution is 0.324. The third-order valence-electron chi connectivity index (χ3n) is 3.89. The van der Waals surface area contributed by atoms with Crippen molar-refractivity contribution in [3.63, 3.8) is 0 Å². The molecule has 2 heterocycles. The predicted octanol–water partition coefficient (Wildman–Crippen LogP) is 3.28. The summed E-state index contributed by atoms with van der Waals surface area (Å²) in [5.41, 5.74) is 2.89. The van der Waals surface area contributed by atoms with Gasteiger partial charge in [-0.25, -0.2) is 4.98 Å². The Balaban J connectivity index is 1.90. The molecule has 0 aliphatic heterocycles. The maximum atomic E-state index is 5.40. The van der Waals surface area contributed by atoms with Gasteiger partial charge < -0.3 is 19.5 Å². The van der Waals surface area contributed by atoms with Gasteiger partial charge in [-0.15, -0.1) is 0 Å². The van der Waals surface area contributed by atoms with Crippen LogP contribution in [0.25, 0.3) is 5.65 Å². The van der Waals surface area contributed by atoms with E-state index in [2.05, 4.69) is 10.3 Å². The number of ether oxygens (including phenoxy) is 3. The fraction of sp³-hybridized carbons (Fsp3) is 0.278. The zero-order valence-corrected chi connectivity index (χ0v) is 14.3. The monoisotopic (exact) mass is 327 g/mol. The van der Waals surface area contributed by atoms with Crippen LogP contribution in [-0.4, -0.2) is 30.7 Å². The maximum absolute atomic E-state index is 5.40. The van der Waals surface area contributed by atoms with Gasteiger partial charge in [0.15, 0.2) is 11.5 Å². The van der Waals surface area contributed by atoms with Gasteiger partial charge in [-0.1, -0.05) is 6.07 Å². The van der Waals surface area contributed by atoms with Gasteiger partial charge in [-0.2, -0.15) is 0 Å². The Morgan fingerprint density at radius 2 is 1.75 bits per heavy atom. The second-order valence-corrected chi connectivity index (χ2v) is 5.36. The SMILES string of the molecule is COc1cc(CNc2c(C)nc3ccccn23)cc(OC)c1OC. The van der Waals surface area contributed by atoms with Gasteiger partial charge in [0.2, 0.25) is 5.75 Å². The van der Waals surface area contributed by atoms with Crippen LogP contribution >= 0.6 is 0 Å². The molecule has 3 aromatic rings. The molecule has 0 saturated carbocycles. The summed E-state index contributed by atoms with van der Waals surface area (Å²) in [6, 6.07) is 9.82. The fourth-order valence-corrected chi connectivity index (χ4v) is 2.75. The molecule has 126 valence electrons. The highest BCUT2D eigenvalue weighted by atomic mass is 16.5. The summed E-state index contributed by atoms with van der Waals surface area (Å²) in [5.74, 6) is 2.85. The van der Waals surface area contributed by atoms with Crippen molar-refractivity contribution >= 4 is 11.5 Å². The van der Waals surface area contributed by atoms with Gasteiger partial charge in [0.25, 0.3) is 0 Å². The predicted molar refractivity (Wildman–Crippen MR) is 93.4 cm³/mol. The molecule has 0 amide bonds. The first-order chi connectivity index (χ1) is 11.7. The van der Waals surface area contributed by atoms with Crippen LogP contribution in [0.15, 0.2) is 36.5 Å². The standard InChI is InChI=1S/C18H21N3O3/c1-12-18(21-8-6-5-7-16(21)20-12)19-11-13-9-14(22-2)17(24-4)15(10-13)23-3/h5-10,19H,11H2,1-4H3. The number of pyridine rings is 1. The molecule has 3 rings (SSSR count). The summed E-state index contributed by atoms with van der Waals surface area (Å²) < 4.78 is 18.2. The average molecular weight is 327 g/mol. The Morgan fingerprint density at radius 1 is 1.04 bits per heavy atom. The topological polar surface area (TPSA) is 57.0 Å². The summed E-state index contributed by atoms with van der Waals surface area (Å²) in [5, 5.41) is 3.44. The minimum absolute atomic E-state index is 0.592. The van der Waals surface area contributed by atoms with Crippen molar-refractivity contribution in [1.29, 1.82) is 0 Å². The molecule has 0 bridgehead atoms. The molecule has 0 atom stereocenters. The number of hydrogen-bond acceptors (Lipinski definition) is 5. The van der Waals surface area contributed by atoms with Gasteiger partial charge >= 0.3 is 0 Å². The molecule has 0 aliphatic rings. The van der Waals surface area contributed by atoms with E-state index in [-0.39, 0.29) is 0 Å². The summed E-state index contributed by atoms with van der Waals surface area (Å²) in [6.45, 7) is 2.60. The molecule has 1 aromatic carbocycles. The van der Waals surface area contributed by atoms with E-state index in [0.29, 0.717) is 23.8 Å². The zero-order valence-electron chi connectivity index (χ0n) is 14.3.